The number of halogens is 1. The summed E-state index contributed by atoms with van der Waals surface area (Å²) in [6.45, 7) is 4.78. The van der Waals surface area contributed by atoms with Crippen molar-refractivity contribution >= 4 is 15.9 Å². The number of aromatic nitrogens is 2. The van der Waals surface area contributed by atoms with E-state index in [0.29, 0.717) is 6.42 Å². The molecule has 20 heavy (non-hydrogen) atoms. The number of methoxy groups -OCH3 is 1. The lowest BCUT2D eigenvalue weighted by Crippen LogP contribution is -2.09. The summed E-state index contributed by atoms with van der Waals surface area (Å²) in [7, 11) is 1.62. The van der Waals surface area contributed by atoms with Gasteiger partial charge in [-0.05, 0) is 47.5 Å². The van der Waals surface area contributed by atoms with Crippen LogP contribution in [0, 0.1) is 6.92 Å². The Balaban J connectivity index is 2.25. The molecule has 1 aromatic carbocycles. The maximum absolute atomic E-state index is 10.4. The molecule has 4 nitrogen and oxygen atoms in total. The average Bonchev–Trinajstić information content (AvgIpc) is 2.75. The fourth-order valence-corrected chi connectivity index (χ4v) is 2.66. The van der Waals surface area contributed by atoms with Crippen LogP contribution >= 0.6 is 15.9 Å². The largest absolute Gasteiger partial charge is 0.497 e. The zero-order chi connectivity index (χ0) is 14.7. The Kier molecular flexibility index (Phi) is 4.83. The van der Waals surface area contributed by atoms with Crippen LogP contribution in [0.5, 0.6) is 5.75 Å². The van der Waals surface area contributed by atoms with E-state index in [1.807, 2.05) is 42.8 Å². The van der Waals surface area contributed by atoms with Crippen LogP contribution in [0.2, 0.25) is 0 Å². The molecule has 1 aromatic heterocycles. The number of hydrogen-bond donors (Lipinski definition) is 1. The highest BCUT2D eigenvalue weighted by Gasteiger charge is 2.17. The van der Waals surface area contributed by atoms with Crippen LogP contribution < -0.4 is 4.74 Å². The Morgan fingerprint density at radius 3 is 2.85 bits per heavy atom. The van der Waals surface area contributed by atoms with Gasteiger partial charge in [0.25, 0.3) is 0 Å². The number of aliphatic hydroxyl groups is 1. The maximum atomic E-state index is 10.4. The van der Waals surface area contributed by atoms with Gasteiger partial charge in [0.15, 0.2) is 0 Å². The van der Waals surface area contributed by atoms with Gasteiger partial charge >= 0.3 is 0 Å². The number of aryl methyl sites for hydroxylation is 2. The Morgan fingerprint density at radius 2 is 2.20 bits per heavy atom. The van der Waals surface area contributed by atoms with Gasteiger partial charge in [0.1, 0.15) is 5.75 Å². The number of rotatable bonds is 5. The highest BCUT2D eigenvalue weighted by Crippen LogP contribution is 2.27. The zero-order valence-electron chi connectivity index (χ0n) is 11.9. The highest BCUT2D eigenvalue weighted by molar-refractivity contribution is 9.10. The molecule has 108 valence electrons. The summed E-state index contributed by atoms with van der Waals surface area (Å²) in [6, 6.07) is 7.51. The van der Waals surface area contributed by atoms with Gasteiger partial charge in [-0.25, -0.2) is 0 Å². The molecule has 0 radical (unpaired) electrons. The molecule has 0 aliphatic rings. The molecule has 0 saturated carbocycles. The third kappa shape index (κ3) is 3.04. The first-order chi connectivity index (χ1) is 9.56. The fraction of sp³-hybridized carbons (Fsp3) is 0.400. The SMILES string of the molecule is CCn1nc(C)c(Br)c1CC(O)c1cccc(OC)c1. The van der Waals surface area contributed by atoms with Crippen molar-refractivity contribution in [2.45, 2.75) is 32.9 Å². The third-order valence-corrected chi connectivity index (χ3v) is 4.35. The normalized spacial score (nSPS) is 12.4. The van der Waals surface area contributed by atoms with Crippen molar-refractivity contribution in [3.05, 3.63) is 45.7 Å². The molecular weight excluding hydrogens is 320 g/mol. The molecule has 1 unspecified atom stereocenters. The number of benzene rings is 1. The summed E-state index contributed by atoms with van der Waals surface area (Å²) in [4.78, 5) is 0. The second kappa shape index (κ2) is 6.41. The smallest absolute Gasteiger partial charge is 0.119 e. The Hall–Kier alpha value is -1.33. The molecular formula is C15H19BrN2O2. The van der Waals surface area contributed by atoms with Crippen LogP contribution in [-0.2, 0) is 13.0 Å². The summed E-state index contributed by atoms with van der Waals surface area (Å²) in [5, 5.41) is 14.9. The van der Waals surface area contributed by atoms with E-state index in [0.717, 1.165) is 33.7 Å². The molecule has 2 rings (SSSR count). The average molecular weight is 339 g/mol. The predicted molar refractivity (Wildman–Crippen MR) is 82.0 cm³/mol. The monoisotopic (exact) mass is 338 g/mol. The molecule has 1 N–H and O–H groups in total. The standard InChI is InChI=1S/C15H19BrN2O2/c1-4-18-13(15(16)10(2)17-18)9-14(19)11-6-5-7-12(8-11)20-3/h5-8,14,19H,4,9H2,1-3H3. The topological polar surface area (TPSA) is 47.3 Å². The van der Waals surface area contributed by atoms with E-state index in [-0.39, 0.29) is 0 Å². The summed E-state index contributed by atoms with van der Waals surface area (Å²) in [5.74, 6) is 0.751. The quantitative estimate of drug-likeness (QED) is 0.910. The number of aliphatic hydroxyl groups excluding tert-OH is 1. The maximum Gasteiger partial charge on any atom is 0.119 e. The first-order valence-electron chi connectivity index (χ1n) is 6.60. The van der Waals surface area contributed by atoms with E-state index in [1.54, 1.807) is 7.11 Å². The van der Waals surface area contributed by atoms with E-state index in [9.17, 15) is 5.11 Å². The van der Waals surface area contributed by atoms with Gasteiger partial charge in [-0.2, -0.15) is 5.10 Å². The van der Waals surface area contributed by atoms with Crippen molar-refractivity contribution in [2.75, 3.05) is 7.11 Å². The van der Waals surface area contributed by atoms with Crippen LogP contribution in [0.15, 0.2) is 28.7 Å². The first kappa shape index (κ1) is 15.1. The van der Waals surface area contributed by atoms with Gasteiger partial charge in [0.2, 0.25) is 0 Å². The molecule has 1 atom stereocenters. The Morgan fingerprint density at radius 1 is 1.45 bits per heavy atom. The minimum atomic E-state index is -0.581. The molecule has 0 saturated heterocycles. The van der Waals surface area contributed by atoms with E-state index < -0.39 is 6.10 Å². The molecule has 5 heteroatoms. The van der Waals surface area contributed by atoms with Gasteiger partial charge in [-0.1, -0.05) is 12.1 Å². The van der Waals surface area contributed by atoms with Gasteiger partial charge in [-0.3, -0.25) is 4.68 Å². The predicted octanol–water partition coefficient (Wildman–Crippen LogP) is 3.26. The lowest BCUT2D eigenvalue weighted by molar-refractivity contribution is 0.175. The van der Waals surface area contributed by atoms with Crippen molar-refractivity contribution in [3.8, 4) is 5.75 Å². The number of ether oxygens (including phenoxy) is 1. The van der Waals surface area contributed by atoms with E-state index >= 15 is 0 Å². The summed E-state index contributed by atoms with van der Waals surface area (Å²) < 4.78 is 8.08. The molecule has 0 amide bonds. The van der Waals surface area contributed by atoms with Gasteiger partial charge in [0, 0.05) is 13.0 Å². The third-order valence-electron chi connectivity index (χ3n) is 3.32. The fourth-order valence-electron chi connectivity index (χ4n) is 2.21. The van der Waals surface area contributed by atoms with Gasteiger partial charge in [0.05, 0.1) is 29.1 Å². The van der Waals surface area contributed by atoms with Crippen molar-refractivity contribution in [1.82, 2.24) is 9.78 Å². The van der Waals surface area contributed by atoms with Crippen molar-refractivity contribution in [1.29, 1.82) is 0 Å². The molecule has 0 fully saturated rings. The van der Waals surface area contributed by atoms with Crippen LogP contribution in [-0.4, -0.2) is 22.0 Å². The van der Waals surface area contributed by atoms with Crippen LogP contribution in [0.25, 0.3) is 0 Å². The Labute approximate surface area is 127 Å². The molecule has 0 bridgehead atoms. The van der Waals surface area contributed by atoms with Crippen molar-refractivity contribution < 1.29 is 9.84 Å². The first-order valence-corrected chi connectivity index (χ1v) is 7.39. The van der Waals surface area contributed by atoms with E-state index in [2.05, 4.69) is 21.0 Å². The Bertz CT molecular complexity index is 596. The number of hydrogen-bond acceptors (Lipinski definition) is 3. The van der Waals surface area contributed by atoms with Gasteiger partial charge < -0.3 is 9.84 Å². The summed E-state index contributed by atoms with van der Waals surface area (Å²) >= 11 is 3.55. The van der Waals surface area contributed by atoms with Gasteiger partial charge in [-0.15, -0.1) is 0 Å². The minimum Gasteiger partial charge on any atom is -0.497 e. The van der Waals surface area contributed by atoms with Crippen molar-refractivity contribution in [2.24, 2.45) is 0 Å². The lowest BCUT2D eigenvalue weighted by Gasteiger charge is -2.13. The zero-order valence-corrected chi connectivity index (χ0v) is 13.5. The minimum absolute atomic E-state index is 0.516. The summed E-state index contributed by atoms with van der Waals surface area (Å²) in [6.07, 6.45) is -0.0644. The van der Waals surface area contributed by atoms with Crippen LogP contribution in [0.3, 0.4) is 0 Å². The summed E-state index contributed by atoms with van der Waals surface area (Å²) in [5.41, 5.74) is 2.80. The lowest BCUT2D eigenvalue weighted by atomic mass is 10.0. The van der Waals surface area contributed by atoms with Crippen molar-refractivity contribution in [3.63, 3.8) is 0 Å². The molecule has 1 heterocycles. The second-order valence-corrected chi connectivity index (χ2v) is 5.45. The second-order valence-electron chi connectivity index (χ2n) is 4.66. The van der Waals surface area contributed by atoms with E-state index in [1.165, 1.54) is 0 Å². The molecule has 2 aromatic rings. The van der Waals surface area contributed by atoms with Crippen LogP contribution in [0.1, 0.15) is 30.0 Å². The van der Waals surface area contributed by atoms with Crippen LogP contribution in [0.4, 0.5) is 0 Å². The molecule has 0 aliphatic heterocycles. The molecule has 0 spiro atoms. The van der Waals surface area contributed by atoms with E-state index in [4.69, 9.17) is 4.74 Å². The molecule has 0 aliphatic carbocycles. The number of nitrogens with zero attached hydrogens (tertiary/aromatic N) is 2. The highest BCUT2D eigenvalue weighted by atomic mass is 79.9.